The zero-order valence-corrected chi connectivity index (χ0v) is 21.2. The van der Waals surface area contributed by atoms with E-state index >= 15 is 0 Å². The molecule has 2 aromatic rings. The zero-order chi connectivity index (χ0) is 27.8. The minimum Gasteiger partial charge on any atom is -0.484 e. The van der Waals surface area contributed by atoms with Gasteiger partial charge >= 0.3 is 6.18 Å². The number of carbonyl (C=O) groups excluding carboxylic acids is 2. The van der Waals surface area contributed by atoms with Crippen LogP contribution in [-0.4, -0.2) is 48.3 Å². The smallest absolute Gasteiger partial charge is 0.419 e. The third kappa shape index (κ3) is 9.05. The number of hydrogen-bond acceptors (Lipinski definition) is 5. The molecule has 1 atom stereocenters. The van der Waals surface area contributed by atoms with Crippen molar-refractivity contribution in [3.8, 4) is 11.5 Å². The molecule has 0 bridgehead atoms. The Kier molecular flexibility index (Phi) is 10.2. The number of alkyl halides is 3. The van der Waals surface area contributed by atoms with Crippen molar-refractivity contribution in [2.45, 2.75) is 56.3 Å². The quantitative estimate of drug-likeness (QED) is 0.348. The lowest BCUT2D eigenvalue weighted by molar-refractivity contribution is -0.140. The number of carbonyl (C=O) groups is 2. The Bertz CT molecular complexity index is 1090. The summed E-state index contributed by atoms with van der Waals surface area (Å²) in [7, 11) is 0. The Morgan fingerprint density at radius 3 is 2.24 bits per heavy atom. The zero-order valence-electron chi connectivity index (χ0n) is 20.5. The van der Waals surface area contributed by atoms with Crippen LogP contribution in [0, 0.1) is 5.82 Å². The highest BCUT2D eigenvalue weighted by Gasteiger charge is 2.36. The first-order valence-corrected chi connectivity index (χ1v) is 12.5. The van der Waals surface area contributed by atoms with Crippen molar-refractivity contribution >= 4 is 23.4 Å². The number of rotatable bonds is 11. The number of amides is 2. The average molecular weight is 561 g/mol. The standard InChI is InChI=1S/C26H29ClF4N2O5/c27-17-4-6-19(7-5-17)37-16-24(36)33-25(10-2-1-3-11-25)13-18(34)14-32-23(35)15-38-20-8-9-22(28)21(12-20)26(29,30)31/h4-9,12,18,34H,1-3,10-11,13-16H2,(H,32,35)(H,33,36)/t18-/m0/s1. The van der Waals surface area contributed by atoms with Crippen molar-refractivity contribution in [2.24, 2.45) is 0 Å². The van der Waals surface area contributed by atoms with Crippen molar-refractivity contribution < 1.29 is 41.7 Å². The van der Waals surface area contributed by atoms with Gasteiger partial charge in [-0.15, -0.1) is 0 Å². The van der Waals surface area contributed by atoms with Gasteiger partial charge in [-0.1, -0.05) is 30.9 Å². The average Bonchev–Trinajstić information content (AvgIpc) is 2.86. The topological polar surface area (TPSA) is 96.9 Å². The van der Waals surface area contributed by atoms with Crippen LogP contribution in [0.25, 0.3) is 0 Å². The highest BCUT2D eigenvalue weighted by molar-refractivity contribution is 6.30. The van der Waals surface area contributed by atoms with E-state index in [0.717, 1.165) is 25.3 Å². The number of aliphatic hydroxyl groups is 1. The van der Waals surface area contributed by atoms with E-state index < -0.39 is 41.7 Å². The van der Waals surface area contributed by atoms with Gasteiger partial charge in [0.25, 0.3) is 11.8 Å². The molecule has 0 spiro atoms. The van der Waals surface area contributed by atoms with Crippen LogP contribution in [0.2, 0.25) is 5.02 Å². The fourth-order valence-electron chi connectivity index (χ4n) is 4.39. The Morgan fingerprint density at radius 2 is 1.58 bits per heavy atom. The maximum atomic E-state index is 13.4. The highest BCUT2D eigenvalue weighted by Crippen LogP contribution is 2.34. The van der Waals surface area contributed by atoms with Crippen molar-refractivity contribution in [1.29, 1.82) is 0 Å². The second-order valence-corrected chi connectivity index (χ2v) is 9.66. The molecule has 0 aliphatic heterocycles. The summed E-state index contributed by atoms with van der Waals surface area (Å²) < 4.78 is 62.4. The predicted octanol–water partition coefficient (Wildman–Crippen LogP) is 4.64. The summed E-state index contributed by atoms with van der Waals surface area (Å²) in [4.78, 5) is 24.7. The van der Waals surface area contributed by atoms with Gasteiger partial charge in [0.05, 0.1) is 11.7 Å². The highest BCUT2D eigenvalue weighted by atomic mass is 35.5. The minimum atomic E-state index is -4.90. The number of aliphatic hydroxyl groups excluding tert-OH is 1. The summed E-state index contributed by atoms with van der Waals surface area (Å²) in [5.41, 5.74) is -2.16. The minimum absolute atomic E-state index is 0.154. The van der Waals surface area contributed by atoms with Crippen LogP contribution < -0.4 is 20.1 Å². The third-order valence-electron chi connectivity index (χ3n) is 6.17. The van der Waals surface area contributed by atoms with Crippen molar-refractivity contribution in [2.75, 3.05) is 19.8 Å². The molecule has 38 heavy (non-hydrogen) atoms. The molecule has 2 amide bonds. The molecule has 3 rings (SSSR count). The van der Waals surface area contributed by atoms with E-state index in [1.165, 1.54) is 0 Å². The van der Waals surface area contributed by atoms with Crippen molar-refractivity contribution in [3.05, 3.63) is 58.9 Å². The van der Waals surface area contributed by atoms with Gasteiger partial charge in [-0.2, -0.15) is 13.2 Å². The van der Waals surface area contributed by atoms with E-state index in [1.807, 2.05) is 0 Å². The number of benzene rings is 2. The maximum absolute atomic E-state index is 13.4. The summed E-state index contributed by atoms with van der Waals surface area (Å²) in [6.07, 6.45) is -1.68. The second-order valence-electron chi connectivity index (χ2n) is 9.22. The fourth-order valence-corrected chi connectivity index (χ4v) is 4.51. The molecule has 12 heteroatoms. The van der Waals surface area contributed by atoms with Gasteiger partial charge in [0.15, 0.2) is 13.2 Å². The fraction of sp³-hybridized carbons (Fsp3) is 0.462. The first-order chi connectivity index (χ1) is 18.0. The number of halogens is 5. The third-order valence-corrected chi connectivity index (χ3v) is 6.43. The van der Waals surface area contributed by atoms with Gasteiger partial charge in [0.2, 0.25) is 0 Å². The molecular formula is C26H29ClF4N2O5. The van der Waals surface area contributed by atoms with Crippen LogP contribution in [0.15, 0.2) is 42.5 Å². The molecule has 0 aromatic heterocycles. The Labute approximate surface area is 222 Å². The van der Waals surface area contributed by atoms with Gasteiger partial charge in [0, 0.05) is 17.1 Å². The molecule has 0 unspecified atom stereocenters. The summed E-state index contributed by atoms with van der Waals surface area (Å²) in [5.74, 6) is -2.30. The predicted molar refractivity (Wildman–Crippen MR) is 131 cm³/mol. The first kappa shape index (κ1) is 29.5. The molecule has 1 aliphatic carbocycles. The lowest BCUT2D eigenvalue weighted by Gasteiger charge is -2.39. The van der Waals surface area contributed by atoms with Crippen molar-refractivity contribution in [1.82, 2.24) is 10.6 Å². The summed E-state index contributed by atoms with van der Waals surface area (Å²) in [6, 6.07) is 8.65. The molecule has 0 saturated heterocycles. The molecule has 0 radical (unpaired) electrons. The van der Waals surface area contributed by atoms with Gasteiger partial charge in [-0.25, -0.2) is 4.39 Å². The summed E-state index contributed by atoms with van der Waals surface area (Å²) in [5, 5.41) is 16.6. The van der Waals surface area contributed by atoms with E-state index in [9.17, 15) is 32.3 Å². The lowest BCUT2D eigenvalue weighted by Crippen LogP contribution is -2.54. The van der Waals surface area contributed by atoms with Gasteiger partial charge in [-0.05, 0) is 61.7 Å². The van der Waals surface area contributed by atoms with Gasteiger partial charge < -0.3 is 25.2 Å². The summed E-state index contributed by atoms with van der Waals surface area (Å²) >= 11 is 5.84. The molecule has 3 N–H and O–H groups in total. The van der Waals surface area contributed by atoms with Gasteiger partial charge in [0.1, 0.15) is 17.3 Å². The molecule has 1 aliphatic rings. The Balaban J connectivity index is 1.47. The van der Waals surface area contributed by atoms with Crippen LogP contribution in [0.5, 0.6) is 11.5 Å². The van der Waals surface area contributed by atoms with Crippen LogP contribution in [0.3, 0.4) is 0 Å². The van der Waals surface area contributed by atoms with Crippen LogP contribution in [-0.2, 0) is 15.8 Å². The molecule has 1 saturated carbocycles. The van der Waals surface area contributed by atoms with Crippen LogP contribution >= 0.6 is 11.6 Å². The molecule has 1 fully saturated rings. The van der Waals surface area contributed by atoms with Crippen LogP contribution in [0.4, 0.5) is 17.6 Å². The van der Waals surface area contributed by atoms with E-state index in [-0.39, 0.29) is 31.2 Å². The maximum Gasteiger partial charge on any atom is 0.419 e. The first-order valence-electron chi connectivity index (χ1n) is 12.1. The summed E-state index contributed by atoms with van der Waals surface area (Å²) in [6.45, 7) is -0.995. The lowest BCUT2D eigenvalue weighted by atomic mass is 9.77. The Morgan fingerprint density at radius 1 is 0.974 bits per heavy atom. The van der Waals surface area contributed by atoms with Gasteiger partial charge in [-0.3, -0.25) is 9.59 Å². The number of hydrogen-bond donors (Lipinski definition) is 3. The second kappa shape index (κ2) is 13.1. The monoisotopic (exact) mass is 560 g/mol. The van der Waals surface area contributed by atoms with Crippen molar-refractivity contribution in [3.63, 3.8) is 0 Å². The van der Waals surface area contributed by atoms with E-state index in [4.69, 9.17) is 21.1 Å². The molecule has 0 heterocycles. The van der Waals surface area contributed by atoms with E-state index in [0.29, 0.717) is 35.7 Å². The SMILES string of the molecule is O=C(COc1ccc(F)c(C(F)(F)F)c1)NC[C@@H](O)CC1(NC(=O)COc2ccc(Cl)cc2)CCCCC1. The molecule has 208 valence electrons. The number of ether oxygens (including phenoxy) is 2. The van der Waals surface area contributed by atoms with Crippen LogP contribution in [0.1, 0.15) is 44.1 Å². The molecule has 2 aromatic carbocycles. The van der Waals surface area contributed by atoms with E-state index in [2.05, 4.69) is 10.6 Å². The van der Waals surface area contributed by atoms with E-state index in [1.54, 1.807) is 24.3 Å². The largest absolute Gasteiger partial charge is 0.484 e. The number of nitrogens with one attached hydrogen (secondary N) is 2. The molecule has 7 nitrogen and oxygen atoms in total. The molecular weight excluding hydrogens is 532 g/mol. The normalized spacial score (nSPS) is 15.8. The Hall–Kier alpha value is -3.05.